The van der Waals surface area contributed by atoms with Crippen LogP contribution in [0.3, 0.4) is 0 Å². The maximum Gasteiger partial charge on any atom is 0.404 e. The second-order valence-corrected chi connectivity index (χ2v) is 5.17. The fourth-order valence-electron chi connectivity index (χ4n) is 2.37. The van der Waals surface area contributed by atoms with Crippen molar-refractivity contribution in [2.75, 3.05) is 13.1 Å². The molecule has 1 saturated heterocycles. The molecule has 1 aromatic heterocycles. The maximum atomic E-state index is 13.3. The van der Waals surface area contributed by atoms with Crippen molar-refractivity contribution in [2.45, 2.75) is 18.0 Å². The van der Waals surface area contributed by atoms with E-state index in [1.807, 2.05) is 0 Å². The van der Waals surface area contributed by atoms with Crippen LogP contribution in [0.4, 0.5) is 17.6 Å². The van der Waals surface area contributed by atoms with Crippen LogP contribution in [0.25, 0.3) is 11.1 Å². The number of fused-ring (bicyclic) bond motifs is 1. The van der Waals surface area contributed by atoms with E-state index in [4.69, 9.17) is 16.0 Å². The molecular weight excluding hydrogens is 300 g/mol. The summed E-state index contributed by atoms with van der Waals surface area (Å²) in [4.78, 5) is 3.86. The quantitative estimate of drug-likeness (QED) is 0.820. The number of aromatic nitrogens is 1. The number of hydrogen-bond acceptors (Lipinski definition) is 3. The number of oxazole rings is 1. The Morgan fingerprint density at radius 3 is 2.70 bits per heavy atom. The van der Waals surface area contributed by atoms with Crippen molar-refractivity contribution in [3.63, 3.8) is 0 Å². The summed E-state index contributed by atoms with van der Waals surface area (Å²) in [5.74, 6) is -1.21. The molecule has 1 aromatic carbocycles. The zero-order valence-electron chi connectivity index (χ0n) is 10.0. The molecule has 0 spiro atoms. The molecule has 0 amide bonds. The molecule has 1 unspecified atom stereocenters. The molecule has 108 valence electrons. The average Bonchev–Trinajstić information content (AvgIpc) is 2.95. The summed E-state index contributed by atoms with van der Waals surface area (Å²) in [5, 5.41) is 2.46. The van der Waals surface area contributed by atoms with Gasteiger partial charge in [-0.05, 0) is 19.0 Å². The third kappa shape index (κ3) is 1.88. The number of benzene rings is 1. The summed E-state index contributed by atoms with van der Waals surface area (Å²) in [5.41, 5.74) is -2.10. The lowest BCUT2D eigenvalue weighted by molar-refractivity contribution is -0.190. The Balaban J connectivity index is 2.18. The fraction of sp³-hybridized carbons (Fsp3) is 0.417. The minimum Gasteiger partial charge on any atom is -0.440 e. The van der Waals surface area contributed by atoms with Gasteiger partial charge < -0.3 is 9.73 Å². The Morgan fingerprint density at radius 2 is 2.10 bits per heavy atom. The van der Waals surface area contributed by atoms with Gasteiger partial charge in [0, 0.05) is 12.6 Å². The fourth-order valence-corrected chi connectivity index (χ4v) is 2.52. The molecule has 1 aliphatic rings. The van der Waals surface area contributed by atoms with Crippen LogP contribution in [0.2, 0.25) is 5.02 Å². The lowest BCUT2D eigenvalue weighted by Gasteiger charge is -2.27. The lowest BCUT2D eigenvalue weighted by Crippen LogP contribution is -2.44. The molecule has 1 N–H and O–H groups in total. The van der Waals surface area contributed by atoms with Crippen molar-refractivity contribution in [3.05, 3.63) is 28.9 Å². The van der Waals surface area contributed by atoms with Crippen LogP contribution in [-0.4, -0.2) is 24.2 Å². The number of rotatable bonds is 1. The molecule has 0 aliphatic carbocycles. The van der Waals surface area contributed by atoms with Gasteiger partial charge in [-0.2, -0.15) is 13.2 Å². The summed E-state index contributed by atoms with van der Waals surface area (Å²) in [6.07, 6.45) is -4.67. The van der Waals surface area contributed by atoms with Gasteiger partial charge in [-0.1, -0.05) is 11.6 Å². The van der Waals surface area contributed by atoms with Crippen LogP contribution in [0.5, 0.6) is 0 Å². The third-order valence-electron chi connectivity index (χ3n) is 3.54. The van der Waals surface area contributed by atoms with Crippen molar-refractivity contribution in [2.24, 2.45) is 0 Å². The third-order valence-corrected chi connectivity index (χ3v) is 3.83. The second-order valence-electron chi connectivity index (χ2n) is 4.76. The van der Waals surface area contributed by atoms with Gasteiger partial charge >= 0.3 is 6.18 Å². The zero-order chi connectivity index (χ0) is 14.5. The van der Waals surface area contributed by atoms with E-state index >= 15 is 0 Å². The summed E-state index contributed by atoms with van der Waals surface area (Å²) in [7, 11) is 0. The highest BCUT2D eigenvalue weighted by molar-refractivity contribution is 6.31. The van der Waals surface area contributed by atoms with Crippen LogP contribution in [0.15, 0.2) is 16.5 Å². The van der Waals surface area contributed by atoms with Gasteiger partial charge in [-0.3, -0.25) is 0 Å². The summed E-state index contributed by atoms with van der Waals surface area (Å²) in [6.45, 7) is -0.0904. The Labute approximate surface area is 115 Å². The molecular formula is C12H9ClF4N2O. The van der Waals surface area contributed by atoms with Crippen LogP contribution < -0.4 is 5.32 Å². The van der Waals surface area contributed by atoms with Gasteiger partial charge in [0.15, 0.2) is 11.0 Å². The highest BCUT2D eigenvalue weighted by Gasteiger charge is 2.60. The molecule has 2 aromatic rings. The molecule has 8 heteroatoms. The highest BCUT2D eigenvalue weighted by atomic mass is 35.5. The molecule has 20 heavy (non-hydrogen) atoms. The smallest absolute Gasteiger partial charge is 0.404 e. The summed E-state index contributed by atoms with van der Waals surface area (Å²) < 4.78 is 58.5. The first kappa shape index (κ1) is 13.6. The van der Waals surface area contributed by atoms with Crippen molar-refractivity contribution >= 4 is 22.7 Å². The van der Waals surface area contributed by atoms with Crippen molar-refractivity contribution in [1.82, 2.24) is 10.3 Å². The van der Waals surface area contributed by atoms with Gasteiger partial charge in [0.1, 0.15) is 11.3 Å². The number of halogens is 5. The average molecular weight is 309 g/mol. The lowest BCUT2D eigenvalue weighted by atomic mass is 9.86. The molecule has 0 saturated carbocycles. The number of nitrogens with one attached hydrogen (secondary N) is 1. The molecule has 1 aliphatic heterocycles. The molecule has 3 rings (SSSR count). The Bertz CT molecular complexity index is 622. The first-order chi connectivity index (χ1) is 9.33. The first-order valence-electron chi connectivity index (χ1n) is 5.87. The maximum absolute atomic E-state index is 13.3. The number of nitrogens with zero attached hydrogens (tertiary/aromatic N) is 1. The van der Waals surface area contributed by atoms with Gasteiger partial charge in [0.25, 0.3) is 0 Å². The van der Waals surface area contributed by atoms with Crippen molar-refractivity contribution in [3.8, 4) is 0 Å². The normalized spacial score (nSPS) is 23.6. The van der Waals surface area contributed by atoms with Crippen LogP contribution in [0.1, 0.15) is 12.3 Å². The topological polar surface area (TPSA) is 38.1 Å². The monoisotopic (exact) mass is 308 g/mol. The second kappa shape index (κ2) is 4.33. The first-order valence-corrected chi connectivity index (χ1v) is 6.25. The Kier molecular flexibility index (Phi) is 2.95. The van der Waals surface area contributed by atoms with Crippen LogP contribution in [-0.2, 0) is 5.41 Å². The highest BCUT2D eigenvalue weighted by Crippen LogP contribution is 2.45. The predicted octanol–water partition coefficient (Wildman–Crippen LogP) is 3.41. The number of alkyl halides is 3. The molecule has 3 nitrogen and oxygen atoms in total. The molecule has 0 radical (unpaired) electrons. The zero-order valence-corrected chi connectivity index (χ0v) is 10.8. The van der Waals surface area contributed by atoms with Gasteiger partial charge in [0.2, 0.25) is 5.89 Å². The minimum absolute atomic E-state index is 0.0441. The summed E-state index contributed by atoms with van der Waals surface area (Å²) in [6, 6.07) is 2.10. The Morgan fingerprint density at radius 1 is 1.35 bits per heavy atom. The van der Waals surface area contributed by atoms with Crippen LogP contribution in [0, 0.1) is 5.82 Å². The standard InChI is InChI=1S/C12H9ClF4N2O/c13-6-3-8-9(4-7(6)14)20-10(19-8)11(12(15,16)17)1-2-18-5-11/h3-4,18H,1-2,5H2. The summed E-state index contributed by atoms with van der Waals surface area (Å²) >= 11 is 5.59. The van der Waals surface area contributed by atoms with E-state index in [9.17, 15) is 17.6 Å². The van der Waals surface area contributed by atoms with E-state index in [-0.39, 0.29) is 35.6 Å². The van der Waals surface area contributed by atoms with Gasteiger partial charge in [-0.25, -0.2) is 9.37 Å². The van der Waals surface area contributed by atoms with E-state index in [0.717, 1.165) is 12.1 Å². The van der Waals surface area contributed by atoms with E-state index in [1.165, 1.54) is 0 Å². The van der Waals surface area contributed by atoms with Gasteiger partial charge in [0.05, 0.1) is 5.02 Å². The minimum atomic E-state index is -4.50. The van der Waals surface area contributed by atoms with E-state index in [2.05, 4.69) is 10.3 Å². The van der Waals surface area contributed by atoms with Crippen molar-refractivity contribution < 1.29 is 22.0 Å². The molecule has 1 fully saturated rings. The SMILES string of the molecule is Fc1cc2oc(C3(C(F)(F)F)CCNC3)nc2cc1Cl. The van der Waals surface area contributed by atoms with E-state index < -0.39 is 23.3 Å². The van der Waals surface area contributed by atoms with Crippen LogP contribution >= 0.6 is 11.6 Å². The van der Waals surface area contributed by atoms with E-state index in [1.54, 1.807) is 0 Å². The largest absolute Gasteiger partial charge is 0.440 e. The number of hydrogen-bond donors (Lipinski definition) is 1. The van der Waals surface area contributed by atoms with Crippen molar-refractivity contribution in [1.29, 1.82) is 0 Å². The molecule has 2 heterocycles. The molecule has 0 bridgehead atoms. The molecule has 1 atom stereocenters. The predicted molar refractivity (Wildman–Crippen MR) is 64.2 cm³/mol. The van der Waals surface area contributed by atoms with E-state index in [0.29, 0.717) is 0 Å². The Hall–Kier alpha value is -1.34. The van der Waals surface area contributed by atoms with Gasteiger partial charge in [-0.15, -0.1) is 0 Å².